The van der Waals surface area contributed by atoms with Gasteiger partial charge in [-0.1, -0.05) is 164 Å². The Kier molecular flexibility index (Phi) is 9.54. The molecule has 0 atom stereocenters. The summed E-state index contributed by atoms with van der Waals surface area (Å²) in [6, 6.07) is 59.2. The van der Waals surface area contributed by atoms with Gasteiger partial charge in [-0.05, 0) is 57.2 Å². The Bertz CT molecular complexity index is 1610. The van der Waals surface area contributed by atoms with Gasteiger partial charge in [0.25, 0.3) is 0 Å². The molecule has 6 rings (SSSR count). The summed E-state index contributed by atoms with van der Waals surface area (Å²) in [6.07, 6.45) is 0. The van der Waals surface area contributed by atoms with Crippen molar-refractivity contribution in [3.05, 3.63) is 164 Å². The monoisotopic (exact) mass is 552 g/mol. The fraction of sp³-hybridized carbons (Fsp3) is 0. The lowest BCUT2D eigenvalue weighted by molar-refractivity contribution is 0.278. The van der Waals surface area contributed by atoms with Crippen molar-refractivity contribution in [2.75, 3.05) is 0 Å². The van der Waals surface area contributed by atoms with Crippen molar-refractivity contribution in [1.82, 2.24) is 0 Å². The van der Waals surface area contributed by atoms with Gasteiger partial charge in [0.2, 0.25) is 0 Å². The molecule has 0 fully saturated rings. The van der Waals surface area contributed by atoms with Crippen LogP contribution in [0.25, 0.3) is 33.4 Å². The third-order valence-corrected chi connectivity index (χ3v) is 9.15. The van der Waals surface area contributed by atoms with Crippen LogP contribution in [0.15, 0.2) is 164 Å². The van der Waals surface area contributed by atoms with E-state index in [2.05, 4.69) is 164 Å². The first-order chi connectivity index (χ1) is 20.1. The smallest absolute Gasteiger partial charge is 0.402 e. The first-order valence-corrected chi connectivity index (χ1v) is 14.8. The Morgan fingerprint density at radius 3 is 1.12 bits per heavy atom. The molecular formula is C36H30BO3P. The van der Waals surface area contributed by atoms with E-state index in [1.54, 1.807) is 0 Å². The topological polar surface area (TPSA) is 60.7 Å². The van der Waals surface area contributed by atoms with Crippen LogP contribution in [-0.4, -0.2) is 22.4 Å². The normalized spacial score (nSPS) is 10.5. The van der Waals surface area contributed by atoms with E-state index < -0.39 is 15.2 Å². The summed E-state index contributed by atoms with van der Waals surface area (Å²) in [5, 5.41) is 25.6. The molecule has 3 N–H and O–H groups in total. The summed E-state index contributed by atoms with van der Waals surface area (Å²) >= 11 is 0. The summed E-state index contributed by atoms with van der Waals surface area (Å²) in [7, 11) is -2.94. The van der Waals surface area contributed by atoms with Crippen LogP contribution in [-0.2, 0) is 0 Å². The van der Waals surface area contributed by atoms with E-state index in [1.807, 2.05) is 0 Å². The maximum absolute atomic E-state index is 7.17. The zero-order chi connectivity index (χ0) is 28.4. The molecule has 0 radical (unpaired) electrons. The molecule has 0 spiro atoms. The van der Waals surface area contributed by atoms with Gasteiger partial charge in [0.1, 0.15) is 0 Å². The van der Waals surface area contributed by atoms with E-state index in [4.69, 9.17) is 15.1 Å². The SMILES string of the molecule is OB(O)O.c1ccc(-c2ccc(P(c3ccccc3)c3ccccc3)c(-c3ccccc3)c2-c2ccccc2)cc1. The molecule has 41 heavy (non-hydrogen) atoms. The molecule has 0 aromatic heterocycles. The van der Waals surface area contributed by atoms with Gasteiger partial charge in [0.15, 0.2) is 0 Å². The molecule has 6 aromatic carbocycles. The zero-order valence-corrected chi connectivity index (χ0v) is 23.3. The van der Waals surface area contributed by atoms with Crippen LogP contribution in [0.1, 0.15) is 0 Å². The second-order valence-electron chi connectivity index (χ2n) is 9.33. The molecule has 0 unspecified atom stereocenters. The number of rotatable bonds is 6. The molecule has 200 valence electrons. The van der Waals surface area contributed by atoms with Crippen LogP contribution in [0.4, 0.5) is 0 Å². The predicted octanol–water partition coefficient (Wildman–Crippen LogP) is 6.39. The summed E-state index contributed by atoms with van der Waals surface area (Å²) in [5.74, 6) is 0. The van der Waals surface area contributed by atoms with Crippen LogP contribution in [0.5, 0.6) is 0 Å². The number of benzene rings is 6. The van der Waals surface area contributed by atoms with Crippen LogP contribution in [0.3, 0.4) is 0 Å². The Labute approximate surface area is 243 Å². The average molecular weight is 552 g/mol. The Morgan fingerprint density at radius 1 is 0.366 bits per heavy atom. The standard InChI is InChI=1S/C36H27P.BH3O3/c1-6-16-28(17-7-1)33-26-27-34(37(31-22-12-4-13-23-31)32-24-14-5-15-25-32)36(30-20-10-3-11-21-30)35(33)29-18-8-2-9-19-29;2-1(3)4/h1-27H;2-4H. The molecule has 0 aliphatic carbocycles. The second kappa shape index (κ2) is 13.9. The Balaban J connectivity index is 0.000000794. The van der Waals surface area contributed by atoms with Crippen molar-refractivity contribution >= 4 is 31.2 Å². The van der Waals surface area contributed by atoms with E-state index in [-0.39, 0.29) is 0 Å². The minimum absolute atomic E-state index is 0.778. The molecule has 0 saturated heterocycles. The van der Waals surface area contributed by atoms with E-state index in [9.17, 15) is 0 Å². The van der Waals surface area contributed by atoms with Gasteiger partial charge in [-0.2, -0.15) is 0 Å². The summed E-state index contributed by atoms with van der Waals surface area (Å²) < 4.78 is 0. The van der Waals surface area contributed by atoms with Crippen molar-refractivity contribution in [2.45, 2.75) is 0 Å². The van der Waals surface area contributed by atoms with Crippen molar-refractivity contribution < 1.29 is 15.1 Å². The maximum Gasteiger partial charge on any atom is 0.631 e. The molecule has 0 amide bonds. The maximum atomic E-state index is 7.17. The third kappa shape index (κ3) is 6.89. The van der Waals surface area contributed by atoms with Gasteiger partial charge in [-0.25, -0.2) is 0 Å². The van der Waals surface area contributed by atoms with Crippen molar-refractivity contribution in [3.8, 4) is 33.4 Å². The molecule has 0 aliphatic rings. The summed E-state index contributed by atoms with van der Waals surface area (Å²) in [4.78, 5) is 0. The second-order valence-corrected chi connectivity index (χ2v) is 11.5. The highest BCUT2D eigenvalue weighted by Gasteiger charge is 2.25. The van der Waals surface area contributed by atoms with Gasteiger partial charge in [-0.3, -0.25) is 0 Å². The Hall–Kier alpha value is -4.31. The van der Waals surface area contributed by atoms with Gasteiger partial charge < -0.3 is 15.1 Å². The molecule has 5 heteroatoms. The van der Waals surface area contributed by atoms with Crippen LogP contribution >= 0.6 is 7.92 Å². The van der Waals surface area contributed by atoms with Crippen LogP contribution in [0.2, 0.25) is 0 Å². The first-order valence-electron chi connectivity index (χ1n) is 13.4. The average Bonchev–Trinajstić information content (AvgIpc) is 3.03. The quantitative estimate of drug-likeness (QED) is 0.166. The van der Waals surface area contributed by atoms with E-state index in [0.29, 0.717) is 0 Å². The lowest BCUT2D eigenvalue weighted by atomic mass is 9.87. The molecular weight excluding hydrogens is 522 g/mol. The molecule has 0 heterocycles. The van der Waals surface area contributed by atoms with Crippen molar-refractivity contribution in [3.63, 3.8) is 0 Å². The summed E-state index contributed by atoms with van der Waals surface area (Å²) in [5.41, 5.74) is 7.56. The van der Waals surface area contributed by atoms with E-state index in [0.717, 1.165) is 0 Å². The number of hydrogen-bond acceptors (Lipinski definition) is 3. The molecule has 3 nitrogen and oxygen atoms in total. The predicted molar refractivity (Wildman–Crippen MR) is 174 cm³/mol. The highest BCUT2D eigenvalue weighted by molar-refractivity contribution is 7.80. The Morgan fingerprint density at radius 2 is 0.707 bits per heavy atom. The van der Waals surface area contributed by atoms with Gasteiger partial charge in [-0.15, -0.1) is 0 Å². The molecule has 0 bridgehead atoms. The van der Waals surface area contributed by atoms with Gasteiger partial charge in [0.05, 0.1) is 0 Å². The highest BCUT2D eigenvalue weighted by Crippen LogP contribution is 2.45. The van der Waals surface area contributed by atoms with Crippen LogP contribution < -0.4 is 15.9 Å². The third-order valence-electron chi connectivity index (χ3n) is 6.66. The first kappa shape index (κ1) is 28.2. The summed E-state index contributed by atoms with van der Waals surface area (Å²) in [6.45, 7) is 0. The zero-order valence-electron chi connectivity index (χ0n) is 22.5. The minimum atomic E-state index is -2.17. The minimum Gasteiger partial charge on any atom is -0.402 e. The van der Waals surface area contributed by atoms with Crippen molar-refractivity contribution in [2.24, 2.45) is 0 Å². The number of hydrogen-bond donors (Lipinski definition) is 3. The molecule has 6 aromatic rings. The highest BCUT2D eigenvalue weighted by atomic mass is 31.1. The van der Waals surface area contributed by atoms with Crippen molar-refractivity contribution in [1.29, 1.82) is 0 Å². The van der Waals surface area contributed by atoms with Crippen LogP contribution in [0, 0.1) is 0 Å². The largest absolute Gasteiger partial charge is 0.631 e. The van der Waals surface area contributed by atoms with Gasteiger partial charge in [0, 0.05) is 0 Å². The lowest BCUT2D eigenvalue weighted by Gasteiger charge is -2.26. The van der Waals surface area contributed by atoms with Gasteiger partial charge >= 0.3 is 7.32 Å². The fourth-order valence-corrected chi connectivity index (χ4v) is 7.50. The van der Waals surface area contributed by atoms with E-state index in [1.165, 1.54) is 49.3 Å². The lowest BCUT2D eigenvalue weighted by Crippen LogP contribution is -2.22. The molecule has 0 aliphatic heterocycles. The fourth-order valence-electron chi connectivity index (χ4n) is 5.02. The molecule has 0 saturated carbocycles. The van der Waals surface area contributed by atoms with E-state index >= 15 is 0 Å².